The summed E-state index contributed by atoms with van der Waals surface area (Å²) in [6, 6.07) is 8.27. The number of likely N-dealkylation sites (tertiary alicyclic amines) is 1. The highest BCUT2D eigenvalue weighted by molar-refractivity contribution is 5.89. The summed E-state index contributed by atoms with van der Waals surface area (Å²) in [4.78, 5) is 41.0. The van der Waals surface area contributed by atoms with Gasteiger partial charge in [-0.15, -0.1) is 0 Å². The summed E-state index contributed by atoms with van der Waals surface area (Å²) in [5.74, 6) is -0.297. The Morgan fingerprint density at radius 1 is 1.19 bits per heavy atom. The van der Waals surface area contributed by atoms with Crippen molar-refractivity contribution in [1.29, 1.82) is 5.26 Å². The van der Waals surface area contributed by atoms with Gasteiger partial charge in [0.2, 0.25) is 11.8 Å². The fourth-order valence-corrected chi connectivity index (χ4v) is 6.16. The van der Waals surface area contributed by atoms with Crippen LogP contribution in [-0.2, 0) is 14.4 Å². The SMILES string of the molecule is Cc1ccc(OCC(=O)N2CC3(CCCCC3)C[C@H]2C(=O)N[C@H](C#N)C[C@@H]2CCC(C)(C)NC2=O)cc1. The molecule has 3 aliphatic rings. The maximum absolute atomic E-state index is 13.5. The number of rotatable bonds is 7. The number of nitrogens with zero attached hydrogens (tertiary/aromatic N) is 2. The third kappa shape index (κ3) is 6.63. The maximum atomic E-state index is 13.5. The van der Waals surface area contributed by atoms with Crippen LogP contribution in [0.1, 0.15) is 77.2 Å². The largest absolute Gasteiger partial charge is 0.484 e. The van der Waals surface area contributed by atoms with Gasteiger partial charge < -0.3 is 20.3 Å². The summed E-state index contributed by atoms with van der Waals surface area (Å²) in [6.07, 6.45) is 7.76. The van der Waals surface area contributed by atoms with E-state index in [2.05, 4.69) is 16.7 Å². The summed E-state index contributed by atoms with van der Waals surface area (Å²) in [5, 5.41) is 15.7. The summed E-state index contributed by atoms with van der Waals surface area (Å²) >= 11 is 0. The first-order chi connectivity index (χ1) is 17.6. The second-order valence-electron chi connectivity index (χ2n) is 11.9. The van der Waals surface area contributed by atoms with E-state index in [1.54, 1.807) is 4.90 Å². The van der Waals surface area contributed by atoms with Crippen LogP contribution < -0.4 is 15.4 Å². The first kappa shape index (κ1) is 27.0. The van der Waals surface area contributed by atoms with Gasteiger partial charge in [0.15, 0.2) is 6.61 Å². The van der Waals surface area contributed by atoms with Crippen molar-refractivity contribution >= 4 is 17.7 Å². The fourth-order valence-electron chi connectivity index (χ4n) is 6.16. The third-order valence-corrected chi connectivity index (χ3v) is 8.37. The van der Waals surface area contributed by atoms with Crippen molar-refractivity contribution in [2.24, 2.45) is 11.3 Å². The van der Waals surface area contributed by atoms with E-state index in [1.165, 1.54) is 6.42 Å². The van der Waals surface area contributed by atoms with Gasteiger partial charge in [-0.25, -0.2) is 0 Å². The third-order valence-electron chi connectivity index (χ3n) is 8.37. The van der Waals surface area contributed by atoms with Crippen molar-refractivity contribution in [3.8, 4) is 11.8 Å². The van der Waals surface area contributed by atoms with E-state index in [4.69, 9.17) is 4.74 Å². The molecule has 0 bridgehead atoms. The van der Waals surface area contributed by atoms with E-state index in [9.17, 15) is 19.6 Å². The molecule has 0 aromatic heterocycles. The lowest BCUT2D eigenvalue weighted by atomic mass is 9.72. The molecule has 1 aliphatic carbocycles. The molecular formula is C29H40N4O4. The van der Waals surface area contributed by atoms with Gasteiger partial charge in [0, 0.05) is 18.0 Å². The van der Waals surface area contributed by atoms with E-state index in [-0.39, 0.29) is 47.6 Å². The molecule has 2 N–H and O–H groups in total. The fraction of sp³-hybridized carbons (Fsp3) is 0.655. The van der Waals surface area contributed by atoms with Gasteiger partial charge in [-0.05, 0) is 76.8 Å². The molecule has 1 saturated carbocycles. The topological polar surface area (TPSA) is 112 Å². The van der Waals surface area contributed by atoms with Crippen LogP contribution in [0.2, 0.25) is 0 Å². The van der Waals surface area contributed by atoms with Gasteiger partial charge in [-0.3, -0.25) is 14.4 Å². The van der Waals surface area contributed by atoms with Gasteiger partial charge in [-0.1, -0.05) is 37.0 Å². The first-order valence-corrected chi connectivity index (χ1v) is 13.6. The smallest absolute Gasteiger partial charge is 0.261 e. The number of benzene rings is 1. The molecule has 8 heteroatoms. The van der Waals surface area contributed by atoms with Crippen LogP contribution in [-0.4, -0.2) is 53.4 Å². The molecule has 0 radical (unpaired) electrons. The van der Waals surface area contributed by atoms with Crippen LogP contribution in [0.25, 0.3) is 0 Å². The van der Waals surface area contributed by atoms with Crippen molar-refractivity contribution < 1.29 is 19.1 Å². The Morgan fingerprint density at radius 2 is 1.89 bits per heavy atom. The summed E-state index contributed by atoms with van der Waals surface area (Å²) in [5.41, 5.74) is 0.797. The number of piperidine rings is 1. The molecule has 37 heavy (non-hydrogen) atoms. The minimum Gasteiger partial charge on any atom is -0.484 e. The molecular weight excluding hydrogens is 468 g/mol. The van der Waals surface area contributed by atoms with Crippen molar-refractivity contribution in [2.75, 3.05) is 13.2 Å². The van der Waals surface area contributed by atoms with E-state index in [0.717, 1.165) is 37.7 Å². The van der Waals surface area contributed by atoms with Crippen LogP contribution in [0.15, 0.2) is 24.3 Å². The molecule has 3 amide bonds. The molecule has 0 unspecified atom stereocenters. The average Bonchev–Trinajstić information content (AvgIpc) is 3.23. The van der Waals surface area contributed by atoms with Gasteiger partial charge in [0.05, 0.1) is 6.07 Å². The molecule has 3 fully saturated rings. The number of ether oxygens (including phenoxy) is 1. The Labute approximate surface area is 220 Å². The second kappa shape index (κ2) is 11.1. The Kier molecular flexibility index (Phi) is 8.11. The predicted molar refractivity (Wildman–Crippen MR) is 139 cm³/mol. The van der Waals surface area contributed by atoms with Gasteiger partial charge in [-0.2, -0.15) is 5.26 Å². The zero-order valence-corrected chi connectivity index (χ0v) is 22.3. The number of amides is 3. The van der Waals surface area contributed by atoms with Gasteiger partial charge in [0.1, 0.15) is 17.8 Å². The normalized spacial score (nSPS) is 25.1. The van der Waals surface area contributed by atoms with Crippen LogP contribution >= 0.6 is 0 Å². The van der Waals surface area contributed by atoms with E-state index in [0.29, 0.717) is 25.1 Å². The summed E-state index contributed by atoms with van der Waals surface area (Å²) < 4.78 is 5.75. The molecule has 3 atom stereocenters. The van der Waals surface area contributed by atoms with Crippen molar-refractivity contribution in [2.45, 2.75) is 96.2 Å². The van der Waals surface area contributed by atoms with E-state index < -0.39 is 12.1 Å². The number of nitrogens with one attached hydrogen (secondary N) is 2. The molecule has 8 nitrogen and oxygen atoms in total. The number of aryl methyl sites for hydroxylation is 1. The number of carbonyl (C=O) groups is 3. The lowest BCUT2D eigenvalue weighted by Crippen LogP contribution is -2.53. The van der Waals surface area contributed by atoms with E-state index in [1.807, 2.05) is 45.0 Å². The van der Waals surface area contributed by atoms with E-state index >= 15 is 0 Å². The first-order valence-electron chi connectivity index (χ1n) is 13.6. The van der Waals surface area contributed by atoms with Crippen LogP contribution in [0.5, 0.6) is 5.75 Å². The number of nitriles is 1. The minimum absolute atomic E-state index is 0.0588. The van der Waals surface area contributed by atoms with Crippen LogP contribution in [0, 0.1) is 29.6 Å². The highest BCUT2D eigenvalue weighted by Gasteiger charge is 2.49. The maximum Gasteiger partial charge on any atom is 0.261 e. The molecule has 1 aromatic rings. The van der Waals surface area contributed by atoms with Crippen molar-refractivity contribution in [3.63, 3.8) is 0 Å². The highest BCUT2D eigenvalue weighted by atomic mass is 16.5. The zero-order chi connectivity index (χ0) is 26.6. The number of hydrogen-bond acceptors (Lipinski definition) is 5. The van der Waals surface area contributed by atoms with Crippen molar-refractivity contribution in [1.82, 2.24) is 15.5 Å². The molecule has 2 aliphatic heterocycles. The Morgan fingerprint density at radius 3 is 2.54 bits per heavy atom. The Balaban J connectivity index is 1.42. The van der Waals surface area contributed by atoms with Gasteiger partial charge in [0.25, 0.3) is 5.91 Å². The summed E-state index contributed by atoms with van der Waals surface area (Å²) in [6.45, 7) is 6.36. The molecule has 4 rings (SSSR count). The van der Waals surface area contributed by atoms with Crippen LogP contribution in [0.3, 0.4) is 0 Å². The minimum atomic E-state index is -0.784. The number of carbonyl (C=O) groups excluding carboxylic acids is 3. The Hall–Kier alpha value is -3.08. The quantitative estimate of drug-likeness (QED) is 0.584. The molecule has 2 heterocycles. The Bertz CT molecular complexity index is 1040. The predicted octanol–water partition coefficient (Wildman–Crippen LogP) is 3.63. The summed E-state index contributed by atoms with van der Waals surface area (Å²) in [7, 11) is 0. The highest BCUT2D eigenvalue weighted by Crippen LogP contribution is 2.46. The lowest BCUT2D eigenvalue weighted by Gasteiger charge is -2.35. The molecule has 1 aromatic carbocycles. The zero-order valence-electron chi connectivity index (χ0n) is 22.3. The number of hydrogen-bond donors (Lipinski definition) is 2. The molecule has 1 spiro atoms. The molecule has 2 saturated heterocycles. The average molecular weight is 509 g/mol. The second-order valence-corrected chi connectivity index (χ2v) is 11.9. The standard InChI is InChI=1S/C29H40N4O4/c1-20-7-9-23(10-8-20)37-18-25(34)33-19-29(12-5-4-6-13-29)16-24(33)27(36)31-22(17-30)15-21-11-14-28(2,3)32-26(21)35/h7-10,21-22,24H,4-6,11-16,18-19H2,1-3H3,(H,31,36)(H,32,35)/t21-,22-,24-/m0/s1. The lowest BCUT2D eigenvalue weighted by molar-refractivity contribution is -0.140. The van der Waals surface area contributed by atoms with Crippen LogP contribution in [0.4, 0.5) is 0 Å². The monoisotopic (exact) mass is 508 g/mol. The van der Waals surface area contributed by atoms with Crippen molar-refractivity contribution in [3.05, 3.63) is 29.8 Å². The van der Waals surface area contributed by atoms with Gasteiger partial charge >= 0.3 is 0 Å². The molecule has 200 valence electrons.